The van der Waals surface area contributed by atoms with Gasteiger partial charge >= 0.3 is 0 Å². The summed E-state index contributed by atoms with van der Waals surface area (Å²) >= 11 is 5.32. The molecule has 0 saturated heterocycles. The van der Waals surface area contributed by atoms with Crippen LogP contribution in [-0.4, -0.2) is 5.24 Å². The number of carbonyl (C=O) groups is 1. The summed E-state index contributed by atoms with van der Waals surface area (Å²) in [6.07, 6.45) is 30.7. The van der Waals surface area contributed by atoms with Crippen LogP contribution < -0.4 is 0 Å². The summed E-state index contributed by atoms with van der Waals surface area (Å²) in [7, 11) is 0. The summed E-state index contributed by atoms with van der Waals surface area (Å²) in [6.45, 7) is 2.28. The molecule has 0 aromatic heterocycles. The Balaban J connectivity index is 3.07. The number of hydrogen-bond donors (Lipinski definition) is 0. The Labute approximate surface area is 169 Å². The minimum absolute atomic E-state index is 0.183. The minimum Gasteiger partial charge on any atom is -0.281 e. The summed E-state index contributed by atoms with van der Waals surface area (Å²) in [5.41, 5.74) is 0. The molecule has 154 valence electrons. The van der Waals surface area contributed by atoms with E-state index in [2.05, 4.69) is 19.1 Å². The zero-order chi connectivity index (χ0) is 19.1. The Bertz CT molecular complexity index is 311. The molecule has 0 amide bonds. The lowest BCUT2D eigenvalue weighted by Crippen LogP contribution is -1.86. The SMILES string of the molecule is CCCCCCCCCC/C=C/CCCCCCCCCCCC(=O)Cl. The maximum absolute atomic E-state index is 10.6. The Morgan fingerprint density at radius 2 is 0.923 bits per heavy atom. The molecule has 0 aliphatic rings. The summed E-state index contributed by atoms with van der Waals surface area (Å²) in [5, 5.41) is -0.183. The average molecular weight is 385 g/mol. The molecule has 0 rings (SSSR count). The fraction of sp³-hybridized carbons (Fsp3) is 0.875. The van der Waals surface area contributed by atoms with E-state index in [9.17, 15) is 4.79 Å². The fourth-order valence-corrected chi connectivity index (χ4v) is 3.53. The van der Waals surface area contributed by atoms with E-state index in [1.54, 1.807) is 0 Å². The zero-order valence-electron chi connectivity index (χ0n) is 17.6. The lowest BCUT2D eigenvalue weighted by atomic mass is 10.1. The molecule has 0 aromatic rings. The van der Waals surface area contributed by atoms with E-state index in [-0.39, 0.29) is 5.24 Å². The normalized spacial score (nSPS) is 11.5. The standard InChI is InChI=1S/C24H45ClO/c1-2-3-4-5-6-7-8-9-10-11-12-13-14-15-16-17-18-19-20-21-22-23-24(25)26/h11-12H,2-10,13-23H2,1H3/b12-11+. The van der Waals surface area contributed by atoms with Crippen molar-refractivity contribution in [3.8, 4) is 0 Å². The van der Waals surface area contributed by atoms with E-state index in [1.807, 2.05) is 0 Å². The largest absolute Gasteiger partial charge is 0.281 e. The van der Waals surface area contributed by atoms with Gasteiger partial charge in [-0.25, -0.2) is 0 Å². The van der Waals surface area contributed by atoms with Crippen LogP contribution in [0.25, 0.3) is 0 Å². The van der Waals surface area contributed by atoms with Crippen LogP contribution >= 0.6 is 11.6 Å². The van der Waals surface area contributed by atoms with Gasteiger partial charge in [-0.1, -0.05) is 109 Å². The number of allylic oxidation sites excluding steroid dienone is 2. The van der Waals surface area contributed by atoms with Gasteiger partial charge in [0.15, 0.2) is 0 Å². The number of carbonyl (C=O) groups excluding carboxylic acids is 1. The zero-order valence-corrected chi connectivity index (χ0v) is 18.3. The predicted octanol–water partition coefficient (Wildman–Crippen LogP) is 9.13. The molecule has 26 heavy (non-hydrogen) atoms. The Morgan fingerprint density at radius 3 is 1.31 bits per heavy atom. The highest BCUT2D eigenvalue weighted by molar-refractivity contribution is 6.63. The Hall–Kier alpha value is -0.300. The van der Waals surface area contributed by atoms with Crippen molar-refractivity contribution >= 4 is 16.8 Å². The first-order valence-corrected chi connectivity index (χ1v) is 12.0. The lowest BCUT2D eigenvalue weighted by Gasteiger charge is -2.01. The molecule has 1 nitrogen and oxygen atoms in total. The lowest BCUT2D eigenvalue weighted by molar-refractivity contribution is -0.111. The molecule has 0 atom stereocenters. The smallest absolute Gasteiger partial charge is 0.221 e. The second-order valence-electron chi connectivity index (χ2n) is 7.81. The van der Waals surface area contributed by atoms with Gasteiger partial charge in [0, 0.05) is 6.42 Å². The van der Waals surface area contributed by atoms with E-state index in [0.29, 0.717) is 6.42 Å². The van der Waals surface area contributed by atoms with Gasteiger partial charge in [-0.05, 0) is 43.7 Å². The summed E-state index contributed by atoms with van der Waals surface area (Å²) in [4.78, 5) is 10.6. The highest BCUT2D eigenvalue weighted by Gasteiger charge is 1.96. The van der Waals surface area contributed by atoms with Crippen LogP contribution in [0.3, 0.4) is 0 Å². The molecule has 0 aromatic carbocycles. The van der Waals surface area contributed by atoms with Gasteiger partial charge in [-0.15, -0.1) is 0 Å². The fourth-order valence-electron chi connectivity index (χ4n) is 3.40. The Kier molecular flexibility index (Phi) is 22.5. The first kappa shape index (κ1) is 25.7. The van der Waals surface area contributed by atoms with Gasteiger partial charge in [0.25, 0.3) is 0 Å². The topological polar surface area (TPSA) is 17.1 Å². The summed E-state index contributed by atoms with van der Waals surface area (Å²) in [6, 6.07) is 0. The van der Waals surface area contributed by atoms with Gasteiger partial charge < -0.3 is 0 Å². The van der Waals surface area contributed by atoms with Crippen molar-refractivity contribution in [2.24, 2.45) is 0 Å². The molecule has 0 radical (unpaired) electrons. The van der Waals surface area contributed by atoms with Crippen LogP contribution in [0.1, 0.15) is 135 Å². The highest BCUT2D eigenvalue weighted by atomic mass is 35.5. The molecule has 0 spiro atoms. The van der Waals surface area contributed by atoms with Gasteiger partial charge in [-0.3, -0.25) is 4.79 Å². The van der Waals surface area contributed by atoms with Crippen LogP contribution in [0.2, 0.25) is 0 Å². The number of rotatable bonds is 21. The minimum atomic E-state index is -0.183. The van der Waals surface area contributed by atoms with Crippen molar-refractivity contribution in [3.63, 3.8) is 0 Å². The first-order chi connectivity index (χ1) is 12.8. The molecule has 0 saturated carbocycles. The van der Waals surface area contributed by atoms with Crippen molar-refractivity contribution in [1.29, 1.82) is 0 Å². The molecular weight excluding hydrogens is 340 g/mol. The maximum atomic E-state index is 10.6. The van der Waals surface area contributed by atoms with Gasteiger partial charge in [-0.2, -0.15) is 0 Å². The van der Waals surface area contributed by atoms with Crippen LogP contribution in [0.5, 0.6) is 0 Å². The quantitative estimate of drug-likeness (QED) is 0.109. The van der Waals surface area contributed by atoms with Gasteiger partial charge in [0.1, 0.15) is 0 Å². The van der Waals surface area contributed by atoms with E-state index in [0.717, 1.165) is 12.8 Å². The van der Waals surface area contributed by atoms with E-state index in [4.69, 9.17) is 11.6 Å². The van der Waals surface area contributed by atoms with Gasteiger partial charge in [0.05, 0.1) is 0 Å². The van der Waals surface area contributed by atoms with Crippen molar-refractivity contribution in [2.45, 2.75) is 135 Å². The van der Waals surface area contributed by atoms with Crippen molar-refractivity contribution in [2.75, 3.05) is 0 Å². The van der Waals surface area contributed by atoms with Gasteiger partial charge in [0.2, 0.25) is 5.24 Å². The highest BCUT2D eigenvalue weighted by Crippen LogP contribution is 2.13. The molecule has 0 unspecified atom stereocenters. The monoisotopic (exact) mass is 384 g/mol. The van der Waals surface area contributed by atoms with Crippen LogP contribution in [0.15, 0.2) is 12.2 Å². The second-order valence-corrected chi connectivity index (χ2v) is 8.23. The number of halogens is 1. The van der Waals surface area contributed by atoms with E-state index < -0.39 is 0 Å². The molecule has 0 N–H and O–H groups in total. The predicted molar refractivity (Wildman–Crippen MR) is 118 cm³/mol. The first-order valence-electron chi connectivity index (χ1n) is 11.6. The van der Waals surface area contributed by atoms with Crippen molar-refractivity contribution in [3.05, 3.63) is 12.2 Å². The molecular formula is C24H45ClO. The molecule has 2 heteroatoms. The summed E-state index contributed by atoms with van der Waals surface area (Å²) in [5.74, 6) is 0. The van der Waals surface area contributed by atoms with Crippen LogP contribution in [-0.2, 0) is 4.79 Å². The number of hydrogen-bond acceptors (Lipinski definition) is 1. The van der Waals surface area contributed by atoms with Crippen molar-refractivity contribution in [1.82, 2.24) is 0 Å². The summed E-state index contributed by atoms with van der Waals surface area (Å²) < 4.78 is 0. The van der Waals surface area contributed by atoms with Crippen molar-refractivity contribution < 1.29 is 4.79 Å². The van der Waals surface area contributed by atoms with E-state index >= 15 is 0 Å². The number of unbranched alkanes of at least 4 members (excludes halogenated alkanes) is 17. The molecule has 0 aliphatic heterocycles. The third-order valence-electron chi connectivity index (χ3n) is 5.14. The maximum Gasteiger partial charge on any atom is 0.221 e. The van der Waals surface area contributed by atoms with Crippen LogP contribution in [0, 0.1) is 0 Å². The second kappa shape index (κ2) is 22.7. The third-order valence-corrected chi connectivity index (χ3v) is 5.32. The molecule has 0 aliphatic carbocycles. The molecule has 0 bridgehead atoms. The van der Waals surface area contributed by atoms with E-state index in [1.165, 1.54) is 109 Å². The Morgan fingerprint density at radius 1 is 0.577 bits per heavy atom. The third kappa shape index (κ3) is 23.7. The molecule has 0 fully saturated rings. The van der Waals surface area contributed by atoms with Crippen LogP contribution in [0.4, 0.5) is 0 Å². The molecule has 0 heterocycles. The average Bonchev–Trinajstić information content (AvgIpc) is 2.62.